The highest BCUT2D eigenvalue weighted by Gasteiger charge is 2.19. The summed E-state index contributed by atoms with van der Waals surface area (Å²) in [5, 5.41) is 0. The number of hydrogen-bond donors (Lipinski definition) is 0. The van der Waals surface area contributed by atoms with E-state index in [0.29, 0.717) is 19.3 Å². The van der Waals surface area contributed by atoms with Crippen LogP contribution >= 0.6 is 0 Å². The number of carbonyl (C=O) groups excluding carboxylic acids is 3. The SMILES string of the molecule is CC/C=C\C/C=C\C/C=C\C/C=C\C/C=C\C/C=C\CCCCC(=O)OCC(COC(=O)CCCCCCCC)OC(=O)CCCCCCCCC/C=C\C/C=C\C/C=C\CC. The Morgan fingerprint density at radius 1 is 0.339 bits per heavy atom. The second-order valence-corrected chi connectivity index (χ2v) is 16.0. The molecular weight excluding hydrogens is 769 g/mol. The van der Waals surface area contributed by atoms with Crippen LogP contribution in [0.1, 0.15) is 207 Å². The molecule has 6 nitrogen and oxygen atoms in total. The van der Waals surface area contributed by atoms with Gasteiger partial charge in [0.05, 0.1) is 0 Å². The molecule has 0 aliphatic heterocycles. The molecular formula is C56H90O6. The van der Waals surface area contributed by atoms with Crippen LogP contribution in [0, 0.1) is 0 Å². The summed E-state index contributed by atoms with van der Waals surface area (Å²) in [6.07, 6.45) is 66.7. The number of carbonyl (C=O) groups is 3. The molecule has 0 spiro atoms. The minimum atomic E-state index is -0.799. The van der Waals surface area contributed by atoms with E-state index < -0.39 is 6.10 Å². The summed E-state index contributed by atoms with van der Waals surface area (Å²) in [5.41, 5.74) is 0. The van der Waals surface area contributed by atoms with Crippen molar-refractivity contribution in [2.45, 2.75) is 213 Å². The molecule has 0 aromatic rings. The van der Waals surface area contributed by atoms with E-state index in [1.165, 1.54) is 44.9 Å². The minimum Gasteiger partial charge on any atom is -0.462 e. The fourth-order valence-corrected chi connectivity index (χ4v) is 6.34. The van der Waals surface area contributed by atoms with Crippen LogP contribution in [0.15, 0.2) is 109 Å². The quantitative estimate of drug-likeness (QED) is 0.0263. The Balaban J connectivity index is 4.35. The van der Waals surface area contributed by atoms with Gasteiger partial charge >= 0.3 is 17.9 Å². The molecule has 0 bridgehead atoms. The van der Waals surface area contributed by atoms with Gasteiger partial charge in [0.15, 0.2) is 6.10 Å². The van der Waals surface area contributed by atoms with Crippen LogP contribution < -0.4 is 0 Å². The standard InChI is InChI=1S/C56H90O6/c1-4-7-10-13-16-18-20-22-24-26-27-28-29-31-32-34-36-38-40-43-46-49-55(58)61-52-53(51-60-54(57)48-45-42-15-12-9-6-3)62-56(59)50-47-44-41-39-37-35-33-30-25-23-21-19-17-14-11-8-5-2/h7-8,10-11,16-19,22-25,27-28,31-32,36,38,53H,4-6,9,12-15,20-21,26,29-30,33-35,37,39-52H2,1-3H3/b10-7-,11-8-,18-16-,19-17-,24-22-,25-23-,28-27-,32-31-,38-36-. The van der Waals surface area contributed by atoms with Gasteiger partial charge in [-0.2, -0.15) is 0 Å². The van der Waals surface area contributed by atoms with Gasteiger partial charge in [-0.3, -0.25) is 14.4 Å². The lowest BCUT2D eigenvalue weighted by atomic mass is 10.1. The zero-order valence-corrected chi connectivity index (χ0v) is 39.8. The molecule has 0 aliphatic rings. The Labute approximate surface area is 380 Å². The van der Waals surface area contributed by atoms with Gasteiger partial charge in [-0.25, -0.2) is 0 Å². The molecule has 1 atom stereocenters. The predicted octanol–water partition coefficient (Wildman–Crippen LogP) is 16.4. The molecule has 0 N–H and O–H groups in total. The molecule has 0 radical (unpaired) electrons. The predicted molar refractivity (Wildman–Crippen MR) is 265 cm³/mol. The fourth-order valence-electron chi connectivity index (χ4n) is 6.34. The van der Waals surface area contributed by atoms with Gasteiger partial charge in [0, 0.05) is 19.3 Å². The summed E-state index contributed by atoms with van der Waals surface area (Å²) in [5.74, 6) is -0.971. The van der Waals surface area contributed by atoms with Crippen LogP contribution in [-0.4, -0.2) is 37.2 Å². The minimum absolute atomic E-state index is 0.0983. The number of esters is 3. The van der Waals surface area contributed by atoms with Gasteiger partial charge in [-0.05, 0) is 103 Å². The van der Waals surface area contributed by atoms with Crippen molar-refractivity contribution in [3.05, 3.63) is 109 Å². The van der Waals surface area contributed by atoms with E-state index in [0.717, 1.165) is 122 Å². The van der Waals surface area contributed by atoms with Gasteiger partial charge in [-0.15, -0.1) is 0 Å². The monoisotopic (exact) mass is 859 g/mol. The first kappa shape index (κ1) is 58.1. The largest absolute Gasteiger partial charge is 0.462 e. The number of allylic oxidation sites excluding steroid dienone is 18. The lowest BCUT2D eigenvalue weighted by Crippen LogP contribution is -2.30. The molecule has 0 fully saturated rings. The van der Waals surface area contributed by atoms with Crippen molar-refractivity contribution < 1.29 is 28.6 Å². The molecule has 62 heavy (non-hydrogen) atoms. The normalized spacial score (nSPS) is 13.0. The molecule has 0 amide bonds. The van der Waals surface area contributed by atoms with Crippen molar-refractivity contribution >= 4 is 17.9 Å². The van der Waals surface area contributed by atoms with E-state index in [4.69, 9.17) is 14.2 Å². The van der Waals surface area contributed by atoms with Crippen LogP contribution in [0.25, 0.3) is 0 Å². The second-order valence-electron chi connectivity index (χ2n) is 16.0. The van der Waals surface area contributed by atoms with Crippen molar-refractivity contribution in [2.24, 2.45) is 0 Å². The fraction of sp³-hybridized carbons (Fsp3) is 0.625. The Kier molecular flexibility index (Phi) is 46.6. The van der Waals surface area contributed by atoms with E-state index in [9.17, 15) is 14.4 Å². The summed E-state index contributed by atoms with van der Waals surface area (Å²) in [6.45, 7) is 6.29. The first-order valence-electron chi connectivity index (χ1n) is 24.9. The highest BCUT2D eigenvalue weighted by Crippen LogP contribution is 2.13. The Hall–Kier alpha value is -3.93. The summed E-state index contributed by atoms with van der Waals surface area (Å²) in [4.78, 5) is 37.7. The summed E-state index contributed by atoms with van der Waals surface area (Å²) in [7, 11) is 0. The number of unbranched alkanes of at least 4 members (excludes halogenated alkanes) is 14. The van der Waals surface area contributed by atoms with Gasteiger partial charge in [0.1, 0.15) is 13.2 Å². The van der Waals surface area contributed by atoms with E-state index in [2.05, 4.69) is 130 Å². The third-order valence-electron chi connectivity index (χ3n) is 10.0. The Bertz CT molecular complexity index is 1310. The van der Waals surface area contributed by atoms with Crippen LogP contribution in [0.3, 0.4) is 0 Å². The maximum atomic E-state index is 12.7. The van der Waals surface area contributed by atoms with Crippen LogP contribution in [-0.2, 0) is 28.6 Å². The number of rotatable bonds is 43. The van der Waals surface area contributed by atoms with Gasteiger partial charge < -0.3 is 14.2 Å². The lowest BCUT2D eigenvalue weighted by Gasteiger charge is -2.18. The van der Waals surface area contributed by atoms with Crippen molar-refractivity contribution in [1.29, 1.82) is 0 Å². The molecule has 0 aliphatic carbocycles. The smallest absolute Gasteiger partial charge is 0.306 e. The maximum absolute atomic E-state index is 12.7. The van der Waals surface area contributed by atoms with E-state index >= 15 is 0 Å². The number of hydrogen-bond acceptors (Lipinski definition) is 6. The zero-order valence-electron chi connectivity index (χ0n) is 39.8. The third kappa shape index (κ3) is 47.1. The highest BCUT2D eigenvalue weighted by atomic mass is 16.6. The molecule has 350 valence electrons. The van der Waals surface area contributed by atoms with Crippen LogP contribution in [0.4, 0.5) is 0 Å². The molecule has 0 aromatic heterocycles. The average Bonchev–Trinajstić information content (AvgIpc) is 3.27. The van der Waals surface area contributed by atoms with E-state index in [1.54, 1.807) is 0 Å². The van der Waals surface area contributed by atoms with Gasteiger partial charge in [0.2, 0.25) is 0 Å². The lowest BCUT2D eigenvalue weighted by molar-refractivity contribution is -0.167. The van der Waals surface area contributed by atoms with Gasteiger partial charge in [-0.1, -0.05) is 194 Å². The van der Waals surface area contributed by atoms with E-state index in [-0.39, 0.29) is 31.1 Å². The Morgan fingerprint density at radius 2 is 0.629 bits per heavy atom. The second kappa shape index (κ2) is 49.7. The summed E-state index contributed by atoms with van der Waals surface area (Å²) in [6, 6.07) is 0. The van der Waals surface area contributed by atoms with Gasteiger partial charge in [0.25, 0.3) is 0 Å². The molecule has 6 heteroatoms. The molecule has 1 unspecified atom stereocenters. The highest BCUT2D eigenvalue weighted by molar-refractivity contribution is 5.71. The molecule has 0 heterocycles. The molecule has 0 saturated heterocycles. The molecule has 0 rings (SSSR count). The van der Waals surface area contributed by atoms with Crippen molar-refractivity contribution in [1.82, 2.24) is 0 Å². The van der Waals surface area contributed by atoms with Crippen molar-refractivity contribution in [3.63, 3.8) is 0 Å². The first-order chi connectivity index (χ1) is 30.5. The summed E-state index contributed by atoms with van der Waals surface area (Å²) < 4.78 is 16.6. The molecule has 0 aromatic carbocycles. The van der Waals surface area contributed by atoms with Crippen LogP contribution in [0.2, 0.25) is 0 Å². The number of ether oxygens (including phenoxy) is 3. The maximum Gasteiger partial charge on any atom is 0.306 e. The van der Waals surface area contributed by atoms with Crippen molar-refractivity contribution in [2.75, 3.05) is 13.2 Å². The topological polar surface area (TPSA) is 78.9 Å². The molecule has 0 saturated carbocycles. The summed E-state index contributed by atoms with van der Waals surface area (Å²) >= 11 is 0. The van der Waals surface area contributed by atoms with Crippen molar-refractivity contribution in [3.8, 4) is 0 Å². The first-order valence-corrected chi connectivity index (χ1v) is 24.9. The average molecular weight is 859 g/mol. The van der Waals surface area contributed by atoms with E-state index in [1.807, 2.05) is 0 Å². The van der Waals surface area contributed by atoms with Crippen LogP contribution in [0.5, 0.6) is 0 Å². The zero-order chi connectivity index (χ0) is 45.1. The Morgan fingerprint density at radius 3 is 1.02 bits per heavy atom. The third-order valence-corrected chi connectivity index (χ3v) is 10.0.